The van der Waals surface area contributed by atoms with Crippen LogP contribution in [0.2, 0.25) is 5.02 Å². The predicted molar refractivity (Wildman–Crippen MR) is 82.6 cm³/mol. The Morgan fingerprint density at radius 3 is 2.85 bits per heavy atom. The van der Waals surface area contributed by atoms with Crippen LogP contribution >= 0.6 is 11.6 Å². The van der Waals surface area contributed by atoms with E-state index in [2.05, 4.69) is 0 Å². The molecule has 1 atom stereocenters. The number of halogens is 1. The number of hydrogen-bond donors (Lipinski definition) is 1. The molecule has 0 bridgehead atoms. The summed E-state index contributed by atoms with van der Waals surface area (Å²) in [4.78, 5) is 1.52. The van der Waals surface area contributed by atoms with Gasteiger partial charge in [0, 0.05) is 23.1 Å². The van der Waals surface area contributed by atoms with E-state index in [4.69, 9.17) is 15.7 Å². The number of phenols is 1. The van der Waals surface area contributed by atoms with Gasteiger partial charge in [0.25, 0.3) is 0 Å². The highest BCUT2D eigenvalue weighted by atomic mass is 35.5. The Balaban J connectivity index is 2.11. The molecule has 0 saturated heterocycles. The van der Waals surface area contributed by atoms with Gasteiger partial charge >= 0.3 is 0 Å². The van der Waals surface area contributed by atoms with E-state index in [1.54, 1.807) is 12.1 Å². The Morgan fingerprint density at radius 1 is 1.30 bits per heavy atom. The molecule has 0 unspecified atom stereocenters. The SMILES string of the molecule is [2H]C([2H])([2H])N1CCc2cc(Cl)c(O)cc2[C@@H](c2ccccc2)C1. The molecule has 2 nitrogen and oxygen atoms in total. The zero-order valence-electron chi connectivity index (χ0n) is 14.0. The molecule has 0 fully saturated rings. The van der Waals surface area contributed by atoms with Crippen molar-refractivity contribution >= 4 is 11.6 Å². The van der Waals surface area contributed by atoms with Crippen molar-refractivity contribution in [3.63, 3.8) is 0 Å². The first kappa shape index (κ1) is 10.3. The van der Waals surface area contributed by atoms with Gasteiger partial charge in [-0.15, -0.1) is 0 Å². The second-order valence-corrected chi connectivity index (χ2v) is 5.57. The van der Waals surface area contributed by atoms with Crippen molar-refractivity contribution in [2.45, 2.75) is 12.3 Å². The summed E-state index contributed by atoms with van der Waals surface area (Å²) in [6.07, 6.45) is 0.594. The van der Waals surface area contributed by atoms with E-state index in [1.807, 2.05) is 30.3 Å². The van der Waals surface area contributed by atoms with E-state index in [1.165, 1.54) is 4.90 Å². The average Bonchev–Trinajstić information content (AvgIpc) is 2.68. The number of rotatable bonds is 1. The van der Waals surface area contributed by atoms with Crippen molar-refractivity contribution in [2.75, 3.05) is 20.1 Å². The van der Waals surface area contributed by atoms with E-state index in [0.717, 1.165) is 16.7 Å². The lowest BCUT2D eigenvalue weighted by Crippen LogP contribution is -2.24. The second kappa shape index (κ2) is 5.47. The van der Waals surface area contributed by atoms with Crippen molar-refractivity contribution in [1.82, 2.24) is 4.90 Å². The standard InChI is InChI=1S/C17H18ClNO/c1-19-8-7-13-9-16(18)17(20)10-14(13)15(11-19)12-5-3-2-4-6-12/h2-6,9-10,15,20H,7-8,11H2,1H3/t15-/m1/s1/i1D3. The molecule has 0 radical (unpaired) electrons. The van der Waals surface area contributed by atoms with Crippen molar-refractivity contribution in [3.8, 4) is 5.75 Å². The summed E-state index contributed by atoms with van der Waals surface area (Å²) >= 11 is 6.04. The Labute approximate surface area is 128 Å². The second-order valence-electron chi connectivity index (χ2n) is 5.16. The monoisotopic (exact) mass is 290 g/mol. The highest BCUT2D eigenvalue weighted by Gasteiger charge is 2.24. The maximum atomic E-state index is 10.0. The van der Waals surface area contributed by atoms with Crippen LogP contribution in [0.15, 0.2) is 42.5 Å². The zero-order chi connectivity index (χ0) is 16.6. The fraction of sp³-hybridized carbons (Fsp3) is 0.294. The molecule has 3 heteroatoms. The normalized spacial score (nSPS) is 22.2. The number of fused-ring (bicyclic) bond motifs is 1. The van der Waals surface area contributed by atoms with Gasteiger partial charge in [-0.2, -0.15) is 0 Å². The Hall–Kier alpha value is -1.51. The van der Waals surface area contributed by atoms with Gasteiger partial charge in [-0.25, -0.2) is 0 Å². The van der Waals surface area contributed by atoms with Crippen molar-refractivity contribution in [1.29, 1.82) is 0 Å². The van der Waals surface area contributed by atoms with Gasteiger partial charge in [0.05, 0.1) is 5.02 Å². The summed E-state index contributed by atoms with van der Waals surface area (Å²) in [5, 5.41) is 10.3. The Morgan fingerprint density at radius 2 is 2.10 bits per heavy atom. The molecule has 1 aliphatic rings. The molecule has 3 rings (SSSR count). The third-order valence-electron chi connectivity index (χ3n) is 3.84. The van der Waals surface area contributed by atoms with Gasteiger partial charge in [-0.3, -0.25) is 0 Å². The maximum Gasteiger partial charge on any atom is 0.134 e. The largest absolute Gasteiger partial charge is 0.506 e. The predicted octanol–water partition coefficient (Wildman–Crippen LogP) is 3.67. The molecule has 0 aliphatic carbocycles. The van der Waals surface area contributed by atoms with Crippen LogP contribution < -0.4 is 0 Å². The Kier molecular flexibility index (Phi) is 2.80. The first-order valence-electron chi connectivity index (χ1n) is 8.17. The van der Waals surface area contributed by atoms with E-state index >= 15 is 0 Å². The van der Waals surface area contributed by atoms with E-state index in [9.17, 15) is 5.11 Å². The summed E-state index contributed by atoms with van der Waals surface area (Å²) < 4.78 is 23.3. The molecule has 0 amide bonds. The van der Waals surface area contributed by atoms with Crippen LogP contribution in [-0.4, -0.2) is 30.1 Å². The van der Waals surface area contributed by atoms with Crippen LogP contribution in [0.25, 0.3) is 0 Å². The van der Waals surface area contributed by atoms with E-state index in [0.29, 0.717) is 24.5 Å². The quantitative estimate of drug-likeness (QED) is 0.866. The van der Waals surface area contributed by atoms with E-state index < -0.39 is 6.98 Å². The molecular formula is C17H18ClNO. The van der Waals surface area contributed by atoms with Crippen LogP contribution in [0.4, 0.5) is 0 Å². The summed E-state index contributed by atoms with van der Waals surface area (Å²) in [7, 11) is 0. The molecule has 2 aromatic rings. The van der Waals surface area contributed by atoms with Crippen LogP contribution in [0.5, 0.6) is 5.75 Å². The van der Waals surface area contributed by atoms with Gasteiger partial charge in [0.1, 0.15) is 5.75 Å². The highest BCUT2D eigenvalue weighted by molar-refractivity contribution is 6.32. The smallest absolute Gasteiger partial charge is 0.134 e. The third-order valence-corrected chi connectivity index (χ3v) is 4.14. The minimum absolute atomic E-state index is 0.0358. The molecule has 0 aromatic heterocycles. The van der Waals surface area contributed by atoms with Gasteiger partial charge < -0.3 is 10.0 Å². The van der Waals surface area contributed by atoms with Gasteiger partial charge in [-0.05, 0) is 42.2 Å². The molecule has 104 valence electrons. The first-order chi connectivity index (χ1) is 10.9. The summed E-state index contributed by atoms with van der Waals surface area (Å²) in [5.41, 5.74) is 2.98. The number of phenolic OH excluding ortho intramolecular Hbond substituents is 1. The molecule has 1 heterocycles. The lowest BCUT2D eigenvalue weighted by atomic mass is 9.88. The summed E-state index contributed by atoms with van der Waals surface area (Å²) in [6.45, 7) is -1.32. The van der Waals surface area contributed by atoms with Crippen molar-refractivity contribution in [2.24, 2.45) is 0 Å². The minimum atomic E-state index is -2.14. The molecule has 1 N–H and O–H groups in total. The number of hydrogen-bond acceptors (Lipinski definition) is 2. The van der Waals surface area contributed by atoms with Crippen LogP contribution in [-0.2, 0) is 6.42 Å². The van der Waals surface area contributed by atoms with Crippen LogP contribution in [0.3, 0.4) is 0 Å². The van der Waals surface area contributed by atoms with Crippen LogP contribution in [0, 0.1) is 0 Å². The molecule has 2 aromatic carbocycles. The van der Waals surface area contributed by atoms with Gasteiger partial charge in [-0.1, -0.05) is 41.9 Å². The van der Waals surface area contributed by atoms with Crippen LogP contribution in [0.1, 0.15) is 26.7 Å². The number of nitrogens with zero attached hydrogens (tertiary/aromatic N) is 1. The number of likely N-dealkylation sites (N-methyl/N-ethyl adjacent to an activating group) is 1. The summed E-state index contributed by atoms with van der Waals surface area (Å²) in [6, 6.07) is 13.2. The Bertz CT molecular complexity index is 703. The molecule has 0 spiro atoms. The van der Waals surface area contributed by atoms with Crippen molar-refractivity contribution < 1.29 is 9.22 Å². The summed E-state index contributed by atoms with van der Waals surface area (Å²) in [5.74, 6) is -0.0778. The van der Waals surface area contributed by atoms with E-state index in [-0.39, 0.29) is 11.7 Å². The molecule has 1 aliphatic heterocycles. The van der Waals surface area contributed by atoms with Crippen molar-refractivity contribution in [3.05, 3.63) is 64.2 Å². The molecule has 20 heavy (non-hydrogen) atoms. The fourth-order valence-corrected chi connectivity index (χ4v) is 2.98. The van der Waals surface area contributed by atoms with Gasteiger partial charge in [0.2, 0.25) is 0 Å². The topological polar surface area (TPSA) is 23.5 Å². The number of aromatic hydroxyl groups is 1. The zero-order valence-corrected chi connectivity index (χ0v) is 11.8. The lowest BCUT2D eigenvalue weighted by molar-refractivity contribution is 0.338. The first-order valence-corrected chi connectivity index (χ1v) is 7.05. The minimum Gasteiger partial charge on any atom is -0.506 e. The third kappa shape index (κ3) is 2.54. The van der Waals surface area contributed by atoms with Gasteiger partial charge in [0.15, 0.2) is 0 Å². The highest BCUT2D eigenvalue weighted by Crippen LogP contribution is 2.36. The number of benzene rings is 2. The average molecular weight is 291 g/mol. The molecule has 0 saturated carbocycles. The maximum absolute atomic E-state index is 10.0. The lowest BCUT2D eigenvalue weighted by Gasteiger charge is -2.22. The molecular weight excluding hydrogens is 270 g/mol. The fourth-order valence-electron chi connectivity index (χ4n) is 2.80.